The Kier molecular flexibility index (Phi) is 2.94. The van der Waals surface area contributed by atoms with Crippen LogP contribution < -0.4 is 0 Å². The SMILES string of the molecule is Cc1cscc1-c1noc(C2CSCC2O)n1. The van der Waals surface area contributed by atoms with Gasteiger partial charge in [-0.05, 0) is 17.9 Å². The van der Waals surface area contributed by atoms with Gasteiger partial charge in [-0.15, -0.1) is 0 Å². The summed E-state index contributed by atoms with van der Waals surface area (Å²) in [6.45, 7) is 2.03. The van der Waals surface area contributed by atoms with E-state index in [1.807, 2.05) is 12.3 Å². The molecular weight excluding hydrogens is 256 g/mol. The summed E-state index contributed by atoms with van der Waals surface area (Å²) >= 11 is 3.35. The lowest BCUT2D eigenvalue weighted by Gasteiger charge is -2.06. The van der Waals surface area contributed by atoms with E-state index in [0.29, 0.717) is 11.7 Å². The van der Waals surface area contributed by atoms with Crippen LogP contribution in [0.3, 0.4) is 0 Å². The van der Waals surface area contributed by atoms with Gasteiger partial charge in [0.15, 0.2) is 0 Å². The standard InChI is InChI=1S/C11H12N2O2S2/c1-6-2-16-3-7(6)10-12-11(15-13-10)8-4-17-5-9(8)14/h2-3,8-9,14H,4-5H2,1H3. The largest absolute Gasteiger partial charge is 0.391 e. The molecule has 1 aliphatic rings. The van der Waals surface area contributed by atoms with E-state index in [9.17, 15) is 5.11 Å². The van der Waals surface area contributed by atoms with Crippen molar-refractivity contribution in [1.29, 1.82) is 0 Å². The van der Waals surface area contributed by atoms with Crippen LogP contribution in [0.5, 0.6) is 0 Å². The average Bonchev–Trinajstić information content (AvgIpc) is 2.97. The van der Waals surface area contributed by atoms with Crippen LogP contribution >= 0.6 is 23.1 Å². The van der Waals surface area contributed by atoms with Gasteiger partial charge in [-0.3, -0.25) is 0 Å². The molecule has 17 heavy (non-hydrogen) atoms. The van der Waals surface area contributed by atoms with Crippen LogP contribution in [0.4, 0.5) is 0 Å². The molecule has 0 aromatic carbocycles. The Balaban J connectivity index is 1.90. The fourth-order valence-electron chi connectivity index (χ4n) is 1.86. The van der Waals surface area contributed by atoms with E-state index >= 15 is 0 Å². The zero-order chi connectivity index (χ0) is 11.8. The van der Waals surface area contributed by atoms with Gasteiger partial charge in [0.1, 0.15) is 0 Å². The second-order valence-electron chi connectivity index (χ2n) is 4.14. The molecule has 1 saturated heterocycles. The van der Waals surface area contributed by atoms with Gasteiger partial charge >= 0.3 is 0 Å². The van der Waals surface area contributed by atoms with Crippen molar-refractivity contribution in [2.45, 2.75) is 18.9 Å². The summed E-state index contributed by atoms with van der Waals surface area (Å²) < 4.78 is 5.27. The first kappa shape index (κ1) is 11.3. The molecule has 6 heteroatoms. The highest BCUT2D eigenvalue weighted by Crippen LogP contribution is 2.33. The molecule has 1 aliphatic heterocycles. The van der Waals surface area contributed by atoms with Gasteiger partial charge in [-0.2, -0.15) is 28.1 Å². The number of rotatable bonds is 2. The summed E-state index contributed by atoms with van der Waals surface area (Å²) in [6, 6.07) is 0. The van der Waals surface area contributed by atoms with Gasteiger partial charge in [0, 0.05) is 22.4 Å². The highest BCUT2D eigenvalue weighted by Gasteiger charge is 2.32. The van der Waals surface area contributed by atoms with Gasteiger partial charge in [-0.1, -0.05) is 5.16 Å². The Bertz CT molecular complexity index is 523. The van der Waals surface area contributed by atoms with E-state index in [1.54, 1.807) is 23.1 Å². The summed E-state index contributed by atoms with van der Waals surface area (Å²) in [7, 11) is 0. The molecule has 0 aliphatic carbocycles. The second kappa shape index (κ2) is 4.44. The monoisotopic (exact) mass is 268 g/mol. The molecule has 4 nitrogen and oxygen atoms in total. The maximum Gasteiger partial charge on any atom is 0.233 e. The molecule has 3 rings (SSSR count). The average molecular weight is 268 g/mol. The maximum atomic E-state index is 9.79. The molecule has 0 amide bonds. The molecule has 1 fully saturated rings. The van der Waals surface area contributed by atoms with Crippen molar-refractivity contribution in [3.05, 3.63) is 22.2 Å². The molecular formula is C11H12N2O2S2. The lowest BCUT2D eigenvalue weighted by molar-refractivity contribution is 0.164. The molecule has 1 N–H and O–H groups in total. The van der Waals surface area contributed by atoms with Crippen molar-refractivity contribution in [2.24, 2.45) is 0 Å². The van der Waals surface area contributed by atoms with Gasteiger partial charge in [0.05, 0.1) is 12.0 Å². The Labute approximate surface area is 107 Å². The van der Waals surface area contributed by atoms with E-state index in [0.717, 1.165) is 22.6 Å². The molecule has 0 saturated carbocycles. The molecule has 90 valence electrons. The second-order valence-corrected chi connectivity index (χ2v) is 5.95. The predicted molar refractivity (Wildman–Crippen MR) is 68.4 cm³/mol. The summed E-state index contributed by atoms with van der Waals surface area (Å²) in [5.41, 5.74) is 2.17. The van der Waals surface area contributed by atoms with Crippen molar-refractivity contribution < 1.29 is 9.63 Å². The Morgan fingerprint density at radius 1 is 1.41 bits per heavy atom. The fourth-order valence-corrected chi connectivity index (χ4v) is 3.92. The lowest BCUT2D eigenvalue weighted by atomic mass is 10.1. The van der Waals surface area contributed by atoms with Crippen molar-refractivity contribution in [3.63, 3.8) is 0 Å². The van der Waals surface area contributed by atoms with Crippen molar-refractivity contribution in [1.82, 2.24) is 10.1 Å². The zero-order valence-electron chi connectivity index (χ0n) is 9.29. The van der Waals surface area contributed by atoms with Crippen LogP contribution in [0, 0.1) is 6.92 Å². The van der Waals surface area contributed by atoms with E-state index in [4.69, 9.17) is 4.52 Å². The number of thiophene rings is 1. The summed E-state index contributed by atoms with van der Waals surface area (Å²) in [5, 5.41) is 17.9. The minimum absolute atomic E-state index is 0.0137. The Hall–Kier alpha value is -0.850. The summed E-state index contributed by atoms with van der Waals surface area (Å²) in [6.07, 6.45) is -0.364. The first-order valence-electron chi connectivity index (χ1n) is 5.38. The Morgan fingerprint density at radius 3 is 2.94 bits per heavy atom. The third-order valence-electron chi connectivity index (χ3n) is 2.91. The number of nitrogens with zero attached hydrogens (tertiary/aromatic N) is 2. The summed E-state index contributed by atoms with van der Waals surface area (Å²) in [4.78, 5) is 4.40. The maximum absolute atomic E-state index is 9.79. The quantitative estimate of drug-likeness (QED) is 0.905. The van der Waals surface area contributed by atoms with E-state index < -0.39 is 0 Å². The van der Waals surface area contributed by atoms with E-state index in [-0.39, 0.29) is 12.0 Å². The van der Waals surface area contributed by atoms with Crippen molar-refractivity contribution >= 4 is 23.1 Å². The molecule has 0 bridgehead atoms. The lowest BCUT2D eigenvalue weighted by Crippen LogP contribution is -2.15. The number of aromatic nitrogens is 2. The summed E-state index contributed by atoms with van der Waals surface area (Å²) in [5.74, 6) is 2.77. The Morgan fingerprint density at radius 2 is 2.29 bits per heavy atom. The van der Waals surface area contributed by atoms with Crippen LogP contribution in [0.2, 0.25) is 0 Å². The molecule has 2 unspecified atom stereocenters. The minimum atomic E-state index is -0.364. The molecule has 2 aromatic heterocycles. The molecule has 3 heterocycles. The van der Waals surface area contributed by atoms with E-state index in [1.165, 1.54) is 0 Å². The first-order valence-corrected chi connectivity index (χ1v) is 7.48. The molecule has 0 radical (unpaired) electrons. The number of hydrogen-bond acceptors (Lipinski definition) is 6. The van der Waals surface area contributed by atoms with Crippen LogP contribution in [-0.2, 0) is 0 Å². The third kappa shape index (κ3) is 2.00. The van der Waals surface area contributed by atoms with Crippen molar-refractivity contribution in [3.8, 4) is 11.4 Å². The van der Waals surface area contributed by atoms with Gasteiger partial charge in [0.2, 0.25) is 11.7 Å². The smallest absolute Gasteiger partial charge is 0.233 e. The minimum Gasteiger partial charge on any atom is -0.391 e. The zero-order valence-corrected chi connectivity index (χ0v) is 10.9. The topological polar surface area (TPSA) is 59.2 Å². The molecule has 2 atom stereocenters. The van der Waals surface area contributed by atoms with Gasteiger partial charge in [-0.25, -0.2) is 0 Å². The fraction of sp³-hybridized carbons (Fsp3) is 0.455. The highest BCUT2D eigenvalue weighted by atomic mass is 32.2. The number of aliphatic hydroxyl groups excluding tert-OH is 1. The third-order valence-corrected chi connectivity index (χ3v) is 4.94. The van der Waals surface area contributed by atoms with Crippen LogP contribution in [0.25, 0.3) is 11.4 Å². The van der Waals surface area contributed by atoms with Crippen molar-refractivity contribution in [2.75, 3.05) is 11.5 Å². The van der Waals surface area contributed by atoms with Gasteiger partial charge < -0.3 is 9.63 Å². The molecule has 0 spiro atoms. The molecule has 2 aromatic rings. The number of hydrogen-bond donors (Lipinski definition) is 1. The predicted octanol–water partition coefficient (Wildman–Crippen LogP) is 2.30. The number of aryl methyl sites for hydroxylation is 1. The first-order chi connectivity index (χ1) is 8.25. The number of aliphatic hydroxyl groups is 1. The van der Waals surface area contributed by atoms with Gasteiger partial charge in [0.25, 0.3) is 0 Å². The van der Waals surface area contributed by atoms with E-state index in [2.05, 4.69) is 15.5 Å². The number of thioether (sulfide) groups is 1. The van der Waals surface area contributed by atoms with Crippen LogP contribution in [0.15, 0.2) is 15.3 Å². The van der Waals surface area contributed by atoms with Crippen LogP contribution in [0.1, 0.15) is 17.4 Å². The highest BCUT2D eigenvalue weighted by molar-refractivity contribution is 7.99. The van der Waals surface area contributed by atoms with Crippen LogP contribution in [-0.4, -0.2) is 32.9 Å². The normalized spacial score (nSPS) is 24.4.